The van der Waals surface area contributed by atoms with Crippen molar-refractivity contribution in [1.29, 1.82) is 0 Å². The van der Waals surface area contributed by atoms with E-state index in [1.807, 2.05) is 31.2 Å². The van der Waals surface area contributed by atoms with Crippen LogP contribution < -0.4 is 10.6 Å². The zero-order valence-electron chi connectivity index (χ0n) is 15.0. The Bertz CT molecular complexity index is 968. The molecule has 2 N–H and O–H groups in total. The second kappa shape index (κ2) is 8.14. The molecule has 0 fully saturated rings. The SMILES string of the molecule is COC(=O)c1ccccc1NC(=O)c1ccc(Nc2cccc(C)c2)nc1. The van der Waals surface area contributed by atoms with Gasteiger partial charge in [0.05, 0.1) is 23.9 Å². The molecule has 0 unspecified atom stereocenters. The van der Waals surface area contributed by atoms with E-state index in [2.05, 4.69) is 15.6 Å². The van der Waals surface area contributed by atoms with Crippen LogP contribution in [-0.2, 0) is 4.74 Å². The van der Waals surface area contributed by atoms with Crippen LogP contribution in [0.3, 0.4) is 0 Å². The van der Waals surface area contributed by atoms with Crippen LogP contribution >= 0.6 is 0 Å². The smallest absolute Gasteiger partial charge is 0.339 e. The van der Waals surface area contributed by atoms with Crippen LogP contribution in [0.1, 0.15) is 26.3 Å². The van der Waals surface area contributed by atoms with E-state index in [0.29, 0.717) is 22.6 Å². The monoisotopic (exact) mass is 361 g/mol. The second-order valence-corrected chi connectivity index (χ2v) is 5.92. The maximum Gasteiger partial charge on any atom is 0.339 e. The number of carbonyl (C=O) groups is 2. The van der Waals surface area contributed by atoms with Gasteiger partial charge in [-0.05, 0) is 48.9 Å². The molecule has 1 heterocycles. The molecule has 3 rings (SSSR count). The maximum atomic E-state index is 12.5. The number of nitrogens with one attached hydrogen (secondary N) is 2. The molecule has 6 nitrogen and oxygen atoms in total. The van der Waals surface area contributed by atoms with Crippen LogP contribution in [0.2, 0.25) is 0 Å². The van der Waals surface area contributed by atoms with Crippen molar-refractivity contribution in [3.63, 3.8) is 0 Å². The zero-order chi connectivity index (χ0) is 19.2. The Morgan fingerprint density at radius 3 is 2.52 bits per heavy atom. The van der Waals surface area contributed by atoms with Gasteiger partial charge in [0, 0.05) is 11.9 Å². The molecule has 0 saturated heterocycles. The number of rotatable bonds is 5. The van der Waals surface area contributed by atoms with Gasteiger partial charge in [-0.3, -0.25) is 4.79 Å². The highest BCUT2D eigenvalue weighted by Crippen LogP contribution is 2.19. The van der Waals surface area contributed by atoms with Gasteiger partial charge in [0.15, 0.2) is 0 Å². The highest BCUT2D eigenvalue weighted by Gasteiger charge is 2.14. The summed E-state index contributed by atoms with van der Waals surface area (Å²) in [6.07, 6.45) is 1.48. The molecule has 27 heavy (non-hydrogen) atoms. The van der Waals surface area contributed by atoms with E-state index in [4.69, 9.17) is 4.74 Å². The van der Waals surface area contributed by atoms with Crippen LogP contribution in [0.25, 0.3) is 0 Å². The number of pyridine rings is 1. The fraction of sp³-hybridized carbons (Fsp3) is 0.0952. The van der Waals surface area contributed by atoms with Crippen LogP contribution in [0.4, 0.5) is 17.2 Å². The summed E-state index contributed by atoms with van der Waals surface area (Å²) in [4.78, 5) is 28.5. The molecule has 1 aromatic heterocycles. The Kier molecular flexibility index (Phi) is 5.47. The lowest BCUT2D eigenvalue weighted by Gasteiger charge is -2.10. The summed E-state index contributed by atoms with van der Waals surface area (Å²) in [7, 11) is 1.30. The van der Waals surface area contributed by atoms with Crippen LogP contribution in [0, 0.1) is 6.92 Å². The summed E-state index contributed by atoms with van der Waals surface area (Å²) in [5.74, 6) is -0.241. The third kappa shape index (κ3) is 4.49. The number of amides is 1. The number of nitrogens with zero attached hydrogens (tertiary/aromatic N) is 1. The number of ether oxygens (including phenoxy) is 1. The van der Waals surface area contributed by atoms with E-state index < -0.39 is 5.97 Å². The standard InChI is InChI=1S/C21H19N3O3/c1-14-6-5-7-16(12-14)23-19-11-10-15(13-22-19)20(25)24-18-9-4-3-8-17(18)21(26)27-2/h3-13H,1-2H3,(H,22,23)(H,24,25). The first-order valence-corrected chi connectivity index (χ1v) is 8.35. The Hall–Kier alpha value is -3.67. The molecule has 3 aromatic rings. The van der Waals surface area contributed by atoms with Gasteiger partial charge in [-0.15, -0.1) is 0 Å². The van der Waals surface area contributed by atoms with E-state index in [9.17, 15) is 9.59 Å². The minimum absolute atomic E-state index is 0.291. The molecule has 0 aliphatic carbocycles. The van der Waals surface area contributed by atoms with Crippen molar-refractivity contribution in [3.05, 3.63) is 83.6 Å². The van der Waals surface area contributed by atoms with Crippen molar-refractivity contribution in [2.45, 2.75) is 6.92 Å². The van der Waals surface area contributed by atoms with Crippen molar-refractivity contribution in [2.24, 2.45) is 0 Å². The first-order chi connectivity index (χ1) is 13.1. The van der Waals surface area contributed by atoms with Crippen molar-refractivity contribution in [2.75, 3.05) is 17.7 Å². The van der Waals surface area contributed by atoms with Gasteiger partial charge >= 0.3 is 5.97 Å². The Labute approximate surface area is 157 Å². The highest BCUT2D eigenvalue weighted by molar-refractivity contribution is 6.07. The average Bonchev–Trinajstić information content (AvgIpc) is 2.68. The van der Waals surface area contributed by atoms with Crippen molar-refractivity contribution in [1.82, 2.24) is 4.98 Å². The lowest BCUT2D eigenvalue weighted by atomic mass is 10.1. The first kappa shape index (κ1) is 18.1. The molecule has 0 aliphatic rings. The number of methoxy groups -OCH3 is 1. The Morgan fingerprint density at radius 2 is 1.81 bits per heavy atom. The number of hydrogen-bond acceptors (Lipinski definition) is 5. The molecule has 6 heteroatoms. The van der Waals surface area contributed by atoms with E-state index in [1.165, 1.54) is 13.3 Å². The zero-order valence-corrected chi connectivity index (χ0v) is 15.0. The van der Waals surface area contributed by atoms with Gasteiger partial charge < -0.3 is 15.4 Å². The number of esters is 1. The third-order valence-electron chi connectivity index (χ3n) is 3.90. The Morgan fingerprint density at radius 1 is 1.00 bits per heavy atom. The van der Waals surface area contributed by atoms with E-state index >= 15 is 0 Å². The number of aryl methyl sites for hydroxylation is 1. The van der Waals surface area contributed by atoms with Gasteiger partial charge in [-0.1, -0.05) is 24.3 Å². The average molecular weight is 361 g/mol. The van der Waals surface area contributed by atoms with Gasteiger partial charge in [-0.25, -0.2) is 9.78 Å². The second-order valence-electron chi connectivity index (χ2n) is 5.92. The van der Waals surface area contributed by atoms with Gasteiger partial charge in [-0.2, -0.15) is 0 Å². The summed E-state index contributed by atoms with van der Waals surface area (Å²) in [6.45, 7) is 2.01. The number of aromatic nitrogens is 1. The first-order valence-electron chi connectivity index (χ1n) is 8.35. The fourth-order valence-corrected chi connectivity index (χ4v) is 2.55. The molecule has 0 atom stereocenters. The lowest BCUT2D eigenvalue weighted by Crippen LogP contribution is -2.15. The van der Waals surface area contributed by atoms with E-state index in [1.54, 1.807) is 36.4 Å². The molecule has 0 radical (unpaired) electrons. The predicted octanol–water partition coefficient (Wildman–Crippen LogP) is 4.17. The number of benzene rings is 2. The number of para-hydroxylation sites is 1. The molecule has 0 bridgehead atoms. The van der Waals surface area contributed by atoms with Crippen molar-refractivity contribution in [3.8, 4) is 0 Å². The van der Waals surface area contributed by atoms with Gasteiger partial charge in [0.1, 0.15) is 5.82 Å². The number of anilines is 3. The molecule has 1 amide bonds. The topological polar surface area (TPSA) is 80.3 Å². The number of hydrogen-bond donors (Lipinski definition) is 2. The van der Waals surface area contributed by atoms with Gasteiger partial charge in [0.25, 0.3) is 5.91 Å². The van der Waals surface area contributed by atoms with Gasteiger partial charge in [0.2, 0.25) is 0 Å². The minimum atomic E-state index is -0.512. The Balaban J connectivity index is 1.72. The quantitative estimate of drug-likeness (QED) is 0.667. The molecule has 0 aliphatic heterocycles. The van der Waals surface area contributed by atoms with E-state index in [0.717, 1.165) is 11.3 Å². The van der Waals surface area contributed by atoms with Crippen molar-refractivity contribution >= 4 is 29.1 Å². The van der Waals surface area contributed by atoms with Crippen LogP contribution in [0.5, 0.6) is 0 Å². The summed E-state index contributed by atoms with van der Waals surface area (Å²) in [6, 6.07) is 18.0. The summed E-state index contributed by atoms with van der Waals surface area (Å²) in [5.41, 5.74) is 3.12. The van der Waals surface area contributed by atoms with Crippen LogP contribution in [0.15, 0.2) is 66.9 Å². The molecule has 2 aromatic carbocycles. The maximum absolute atomic E-state index is 12.5. The lowest BCUT2D eigenvalue weighted by molar-refractivity contribution is 0.0602. The molecular formula is C21H19N3O3. The summed E-state index contributed by atoms with van der Waals surface area (Å²) < 4.78 is 4.73. The van der Waals surface area contributed by atoms with E-state index in [-0.39, 0.29) is 5.91 Å². The largest absolute Gasteiger partial charge is 0.465 e. The minimum Gasteiger partial charge on any atom is -0.465 e. The molecular weight excluding hydrogens is 342 g/mol. The highest BCUT2D eigenvalue weighted by atomic mass is 16.5. The normalized spacial score (nSPS) is 10.1. The molecule has 0 spiro atoms. The van der Waals surface area contributed by atoms with Crippen LogP contribution in [-0.4, -0.2) is 24.0 Å². The predicted molar refractivity (Wildman–Crippen MR) is 104 cm³/mol. The fourth-order valence-electron chi connectivity index (χ4n) is 2.55. The molecule has 0 saturated carbocycles. The summed E-state index contributed by atoms with van der Waals surface area (Å²) >= 11 is 0. The molecule has 136 valence electrons. The van der Waals surface area contributed by atoms with Crippen molar-refractivity contribution < 1.29 is 14.3 Å². The summed E-state index contributed by atoms with van der Waals surface area (Å²) in [5, 5.41) is 5.91. The third-order valence-corrected chi connectivity index (χ3v) is 3.90. The number of carbonyl (C=O) groups excluding carboxylic acids is 2.